The Kier molecular flexibility index (Phi) is 4.08. The van der Waals surface area contributed by atoms with Crippen LogP contribution in [0.1, 0.15) is 5.56 Å². The summed E-state index contributed by atoms with van der Waals surface area (Å²) in [6, 6.07) is 10.4. The maximum Gasteiger partial charge on any atom is 0.173 e. The van der Waals surface area contributed by atoms with E-state index < -0.39 is 11.6 Å². The van der Waals surface area contributed by atoms with Crippen LogP contribution in [0.5, 0.6) is 5.75 Å². The lowest BCUT2D eigenvalue weighted by molar-refractivity contribution is 0.281. The van der Waals surface area contributed by atoms with Crippen molar-refractivity contribution >= 4 is 0 Å². The van der Waals surface area contributed by atoms with Crippen LogP contribution in [0.15, 0.2) is 47.0 Å². The van der Waals surface area contributed by atoms with Gasteiger partial charge in [0.25, 0.3) is 0 Å². The van der Waals surface area contributed by atoms with Gasteiger partial charge in [0, 0.05) is 11.1 Å². The number of halogens is 2. The second kappa shape index (κ2) is 6.18. The van der Waals surface area contributed by atoms with Crippen LogP contribution >= 0.6 is 0 Å². The molecule has 0 radical (unpaired) electrons. The average Bonchev–Trinajstić information content (AvgIpc) is 3.01. The lowest BCUT2D eigenvalue weighted by Gasteiger charge is -2.03. The first-order valence-corrected chi connectivity index (χ1v) is 6.83. The second-order valence-electron chi connectivity index (χ2n) is 4.85. The third kappa shape index (κ3) is 2.80. The summed E-state index contributed by atoms with van der Waals surface area (Å²) in [4.78, 5) is 0. The number of aliphatic hydroxyl groups excluding tert-OH is 1. The highest BCUT2D eigenvalue weighted by Crippen LogP contribution is 2.33. The minimum Gasteiger partial charge on any atom is -0.497 e. The lowest BCUT2D eigenvalue weighted by atomic mass is 10.0. The zero-order valence-electron chi connectivity index (χ0n) is 12.2. The fraction of sp³-hybridized carbons (Fsp3) is 0.118. The summed E-state index contributed by atoms with van der Waals surface area (Å²) >= 11 is 0. The van der Waals surface area contributed by atoms with Crippen LogP contribution in [0.4, 0.5) is 8.78 Å². The van der Waals surface area contributed by atoms with Gasteiger partial charge in [-0.05, 0) is 42.5 Å². The second-order valence-corrected chi connectivity index (χ2v) is 4.85. The summed E-state index contributed by atoms with van der Waals surface area (Å²) in [5, 5.41) is 13.5. The Bertz CT molecular complexity index is 828. The predicted octanol–water partition coefficient (Wildman–Crippen LogP) is 3.79. The fourth-order valence-electron chi connectivity index (χ4n) is 2.30. The van der Waals surface area contributed by atoms with Gasteiger partial charge in [0.2, 0.25) is 0 Å². The molecule has 1 aromatic heterocycles. The van der Waals surface area contributed by atoms with E-state index in [9.17, 15) is 13.9 Å². The maximum absolute atomic E-state index is 13.4. The number of aliphatic hydroxyl groups is 1. The molecule has 0 atom stereocenters. The molecule has 0 saturated carbocycles. The molecule has 0 fully saturated rings. The molecular formula is C17H13F2NO3. The van der Waals surface area contributed by atoms with Crippen molar-refractivity contribution in [3.63, 3.8) is 0 Å². The van der Waals surface area contributed by atoms with Crippen LogP contribution in [-0.4, -0.2) is 17.4 Å². The molecule has 0 aliphatic rings. The van der Waals surface area contributed by atoms with Gasteiger partial charge in [-0.25, -0.2) is 8.78 Å². The van der Waals surface area contributed by atoms with Gasteiger partial charge in [0.15, 0.2) is 17.4 Å². The van der Waals surface area contributed by atoms with Crippen molar-refractivity contribution in [2.45, 2.75) is 6.61 Å². The molecule has 0 bridgehead atoms. The molecule has 1 N–H and O–H groups in total. The highest BCUT2D eigenvalue weighted by molar-refractivity contribution is 5.72. The molecule has 0 aliphatic heterocycles. The normalized spacial score (nSPS) is 10.8. The van der Waals surface area contributed by atoms with Gasteiger partial charge in [-0.3, -0.25) is 0 Å². The van der Waals surface area contributed by atoms with E-state index in [1.165, 1.54) is 6.07 Å². The molecule has 6 heteroatoms. The minimum atomic E-state index is -0.986. The molecule has 0 aliphatic carbocycles. The first-order valence-electron chi connectivity index (χ1n) is 6.83. The summed E-state index contributed by atoms with van der Waals surface area (Å²) in [6.45, 7) is -0.348. The van der Waals surface area contributed by atoms with Gasteiger partial charge in [0.05, 0.1) is 19.3 Å². The van der Waals surface area contributed by atoms with E-state index in [1.54, 1.807) is 31.4 Å². The number of rotatable bonds is 4. The quantitative estimate of drug-likeness (QED) is 0.795. The summed E-state index contributed by atoms with van der Waals surface area (Å²) in [5.74, 6) is -0.881. The van der Waals surface area contributed by atoms with Gasteiger partial charge >= 0.3 is 0 Å². The van der Waals surface area contributed by atoms with E-state index in [0.29, 0.717) is 28.2 Å². The van der Waals surface area contributed by atoms with Crippen LogP contribution in [0, 0.1) is 11.6 Å². The minimum absolute atomic E-state index is 0.275. The molecule has 118 valence electrons. The van der Waals surface area contributed by atoms with Crippen LogP contribution in [-0.2, 0) is 6.61 Å². The third-order valence-electron chi connectivity index (χ3n) is 3.49. The van der Waals surface area contributed by atoms with Crippen molar-refractivity contribution in [3.05, 3.63) is 59.7 Å². The average molecular weight is 317 g/mol. The number of hydrogen-bond acceptors (Lipinski definition) is 4. The van der Waals surface area contributed by atoms with E-state index >= 15 is 0 Å². The molecule has 0 unspecified atom stereocenters. The molecule has 0 amide bonds. The first-order chi connectivity index (χ1) is 11.1. The lowest BCUT2D eigenvalue weighted by Crippen LogP contribution is -1.91. The van der Waals surface area contributed by atoms with Crippen LogP contribution in [0.25, 0.3) is 22.6 Å². The van der Waals surface area contributed by atoms with E-state index in [2.05, 4.69) is 5.16 Å². The Morgan fingerprint density at radius 2 is 1.74 bits per heavy atom. The summed E-state index contributed by atoms with van der Waals surface area (Å²) < 4.78 is 36.9. The van der Waals surface area contributed by atoms with Gasteiger partial charge in [-0.15, -0.1) is 0 Å². The topological polar surface area (TPSA) is 55.5 Å². The van der Waals surface area contributed by atoms with Crippen LogP contribution in [0.3, 0.4) is 0 Å². The zero-order valence-corrected chi connectivity index (χ0v) is 12.2. The highest BCUT2D eigenvalue weighted by atomic mass is 19.2. The van der Waals surface area contributed by atoms with Gasteiger partial charge in [-0.1, -0.05) is 5.16 Å². The summed E-state index contributed by atoms with van der Waals surface area (Å²) in [6.07, 6.45) is 0. The standard InChI is InChI=1S/C17H13F2NO3/c1-22-12-5-2-10(3-6-12)17-13(9-21)16(20-23-17)11-4-7-14(18)15(19)8-11/h2-8,21H,9H2,1H3. The van der Waals surface area contributed by atoms with E-state index in [4.69, 9.17) is 9.26 Å². The van der Waals surface area contributed by atoms with Crippen molar-refractivity contribution in [2.75, 3.05) is 7.11 Å². The molecule has 2 aromatic carbocycles. The molecule has 3 rings (SSSR count). The Morgan fingerprint density at radius 1 is 1.04 bits per heavy atom. The number of benzene rings is 2. The SMILES string of the molecule is COc1ccc(-c2onc(-c3ccc(F)c(F)c3)c2CO)cc1. The van der Waals surface area contributed by atoms with E-state index in [1.807, 2.05) is 0 Å². The summed E-state index contributed by atoms with van der Waals surface area (Å²) in [5.41, 5.74) is 1.70. The van der Waals surface area contributed by atoms with Crippen molar-refractivity contribution in [2.24, 2.45) is 0 Å². The zero-order chi connectivity index (χ0) is 16.4. The largest absolute Gasteiger partial charge is 0.497 e. The van der Waals surface area contributed by atoms with Crippen LogP contribution in [0.2, 0.25) is 0 Å². The molecule has 3 aromatic rings. The monoisotopic (exact) mass is 317 g/mol. The van der Waals surface area contributed by atoms with Crippen molar-refractivity contribution in [1.29, 1.82) is 0 Å². The Hall–Kier alpha value is -2.73. The Labute approximate surface area is 130 Å². The smallest absolute Gasteiger partial charge is 0.173 e. The summed E-state index contributed by atoms with van der Waals surface area (Å²) in [7, 11) is 1.56. The van der Waals surface area contributed by atoms with Crippen molar-refractivity contribution in [1.82, 2.24) is 5.16 Å². The number of ether oxygens (including phenoxy) is 1. The third-order valence-corrected chi connectivity index (χ3v) is 3.49. The number of aromatic nitrogens is 1. The van der Waals surface area contributed by atoms with Gasteiger partial charge in [-0.2, -0.15) is 0 Å². The molecule has 23 heavy (non-hydrogen) atoms. The van der Waals surface area contributed by atoms with Gasteiger partial charge < -0.3 is 14.4 Å². The van der Waals surface area contributed by atoms with Crippen LogP contribution < -0.4 is 4.74 Å². The first kappa shape index (κ1) is 15.2. The molecule has 0 saturated heterocycles. The number of nitrogens with zero attached hydrogens (tertiary/aromatic N) is 1. The molecule has 1 heterocycles. The Morgan fingerprint density at radius 3 is 2.35 bits per heavy atom. The fourth-order valence-corrected chi connectivity index (χ4v) is 2.30. The van der Waals surface area contributed by atoms with Gasteiger partial charge in [0.1, 0.15) is 11.4 Å². The van der Waals surface area contributed by atoms with E-state index in [-0.39, 0.29) is 12.3 Å². The maximum atomic E-state index is 13.4. The highest BCUT2D eigenvalue weighted by Gasteiger charge is 2.19. The molecule has 4 nitrogen and oxygen atoms in total. The molecular weight excluding hydrogens is 304 g/mol. The van der Waals surface area contributed by atoms with Crippen molar-refractivity contribution < 1.29 is 23.1 Å². The van der Waals surface area contributed by atoms with E-state index in [0.717, 1.165) is 12.1 Å². The molecule has 0 spiro atoms. The number of methoxy groups -OCH3 is 1. The van der Waals surface area contributed by atoms with Crippen molar-refractivity contribution in [3.8, 4) is 28.3 Å². The predicted molar refractivity (Wildman–Crippen MR) is 79.8 cm³/mol. The Balaban J connectivity index is 2.06. The number of hydrogen-bond donors (Lipinski definition) is 1.